The third-order valence-corrected chi connectivity index (χ3v) is 1.94. The number of nitrogens with zero attached hydrogens (tertiary/aromatic N) is 2. The van der Waals surface area contributed by atoms with E-state index in [0.29, 0.717) is 11.2 Å². The van der Waals surface area contributed by atoms with Gasteiger partial charge >= 0.3 is 0 Å². The first kappa shape index (κ1) is 11.4. The van der Waals surface area contributed by atoms with Gasteiger partial charge in [-0.05, 0) is 18.2 Å². The fraction of sp³-hybridized carbons (Fsp3) is 0.100. The first-order valence-electron chi connectivity index (χ1n) is 4.24. The average Bonchev–Trinajstić information content (AvgIpc) is 2.27. The molecule has 1 N–H and O–H groups in total. The summed E-state index contributed by atoms with van der Waals surface area (Å²) in [6.45, 7) is 0. The third-order valence-electron chi connectivity index (χ3n) is 1.94. The van der Waals surface area contributed by atoms with Gasteiger partial charge in [0.05, 0.1) is 5.56 Å². The Balaban J connectivity index is 0.00000112. The molecule has 0 aliphatic carbocycles. The highest BCUT2D eigenvalue weighted by Gasteiger charge is 2.04. The molecule has 2 heterocycles. The SMILES string of the molecule is CNC(=O)c1cnc2ncccc2c1.Cl. The molecule has 2 rings (SSSR count). The first-order chi connectivity index (χ1) is 6.81. The van der Waals surface area contributed by atoms with Crippen LogP contribution in [0.1, 0.15) is 10.4 Å². The van der Waals surface area contributed by atoms with E-state index in [0.717, 1.165) is 5.39 Å². The van der Waals surface area contributed by atoms with E-state index in [9.17, 15) is 4.79 Å². The molecule has 0 aliphatic heterocycles. The molecule has 15 heavy (non-hydrogen) atoms. The van der Waals surface area contributed by atoms with E-state index in [4.69, 9.17) is 0 Å². The molecule has 5 heteroatoms. The van der Waals surface area contributed by atoms with Crippen molar-refractivity contribution in [3.63, 3.8) is 0 Å². The molecule has 2 aromatic rings. The Labute approximate surface area is 93.1 Å². The molecule has 0 fully saturated rings. The molecule has 4 nitrogen and oxygen atoms in total. The van der Waals surface area contributed by atoms with Crippen molar-refractivity contribution < 1.29 is 4.79 Å². The van der Waals surface area contributed by atoms with E-state index in [1.807, 2.05) is 12.1 Å². The summed E-state index contributed by atoms with van der Waals surface area (Å²) in [5.41, 5.74) is 1.20. The highest BCUT2D eigenvalue weighted by Crippen LogP contribution is 2.09. The fourth-order valence-corrected chi connectivity index (χ4v) is 1.23. The summed E-state index contributed by atoms with van der Waals surface area (Å²) in [6.07, 6.45) is 3.20. The zero-order chi connectivity index (χ0) is 9.97. The van der Waals surface area contributed by atoms with Crippen LogP contribution in [0.5, 0.6) is 0 Å². The molecule has 0 spiro atoms. The molecule has 0 atom stereocenters. The van der Waals surface area contributed by atoms with Crippen LogP contribution in [0.3, 0.4) is 0 Å². The first-order valence-corrected chi connectivity index (χ1v) is 4.24. The van der Waals surface area contributed by atoms with E-state index in [-0.39, 0.29) is 18.3 Å². The van der Waals surface area contributed by atoms with Crippen LogP contribution in [0, 0.1) is 0 Å². The van der Waals surface area contributed by atoms with E-state index in [2.05, 4.69) is 15.3 Å². The normalized spacial score (nSPS) is 9.40. The topological polar surface area (TPSA) is 54.9 Å². The predicted molar refractivity (Wildman–Crippen MR) is 60.2 cm³/mol. The minimum atomic E-state index is -0.136. The summed E-state index contributed by atoms with van der Waals surface area (Å²) in [4.78, 5) is 19.4. The molecular formula is C10H10ClN3O. The van der Waals surface area contributed by atoms with Crippen molar-refractivity contribution in [3.05, 3.63) is 36.2 Å². The Morgan fingerprint density at radius 1 is 1.40 bits per heavy atom. The van der Waals surface area contributed by atoms with Crippen LogP contribution in [0.2, 0.25) is 0 Å². The van der Waals surface area contributed by atoms with E-state index in [1.54, 1.807) is 19.3 Å². The lowest BCUT2D eigenvalue weighted by Gasteiger charge is -2.00. The second kappa shape index (κ2) is 4.70. The van der Waals surface area contributed by atoms with Gasteiger partial charge in [0.2, 0.25) is 0 Å². The number of amides is 1. The summed E-state index contributed by atoms with van der Waals surface area (Å²) >= 11 is 0. The Morgan fingerprint density at radius 3 is 2.93 bits per heavy atom. The van der Waals surface area contributed by atoms with Gasteiger partial charge in [-0.25, -0.2) is 9.97 Å². The zero-order valence-corrected chi connectivity index (χ0v) is 8.91. The minimum absolute atomic E-state index is 0. The monoisotopic (exact) mass is 223 g/mol. The summed E-state index contributed by atoms with van der Waals surface area (Å²) in [5, 5.41) is 3.42. The quantitative estimate of drug-likeness (QED) is 0.796. The van der Waals surface area contributed by atoms with Crippen molar-refractivity contribution in [3.8, 4) is 0 Å². The standard InChI is InChI=1S/C10H9N3O.ClH/c1-11-10(14)8-5-7-3-2-4-12-9(7)13-6-8;/h2-6H,1H3,(H,11,14);1H. The molecule has 78 valence electrons. The smallest absolute Gasteiger partial charge is 0.252 e. The van der Waals surface area contributed by atoms with E-state index in [1.165, 1.54) is 6.20 Å². The molecule has 0 unspecified atom stereocenters. The lowest BCUT2D eigenvalue weighted by molar-refractivity contribution is 0.0963. The minimum Gasteiger partial charge on any atom is -0.355 e. The van der Waals surface area contributed by atoms with Crippen LogP contribution in [0.15, 0.2) is 30.6 Å². The molecule has 0 aliphatic rings. The molecule has 0 saturated carbocycles. The van der Waals surface area contributed by atoms with Gasteiger partial charge in [0, 0.05) is 24.8 Å². The number of aromatic nitrogens is 2. The van der Waals surface area contributed by atoms with Gasteiger partial charge < -0.3 is 5.32 Å². The van der Waals surface area contributed by atoms with Gasteiger partial charge in [0.15, 0.2) is 5.65 Å². The zero-order valence-electron chi connectivity index (χ0n) is 8.10. The van der Waals surface area contributed by atoms with Crippen molar-refractivity contribution >= 4 is 29.3 Å². The molecule has 0 radical (unpaired) electrons. The lowest BCUT2D eigenvalue weighted by Crippen LogP contribution is -2.17. The predicted octanol–water partition coefficient (Wildman–Crippen LogP) is 1.41. The Morgan fingerprint density at radius 2 is 2.20 bits per heavy atom. The van der Waals surface area contributed by atoms with Crippen LogP contribution in [-0.2, 0) is 0 Å². The molecule has 0 aromatic carbocycles. The maximum absolute atomic E-state index is 11.3. The maximum Gasteiger partial charge on any atom is 0.252 e. The average molecular weight is 224 g/mol. The van der Waals surface area contributed by atoms with Gasteiger partial charge in [-0.15, -0.1) is 12.4 Å². The van der Waals surface area contributed by atoms with Gasteiger partial charge in [-0.2, -0.15) is 0 Å². The van der Waals surface area contributed by atoms with Crippen molar-refractivity contribution in [1.29, 1.82) is 0 Å². The highest BCUT2D eigenvalue weighted by atomic mass is 35.5. The second-order valence-corrected chi connectivity index (χ2v) is 2.85. The van der Waals surface area contributed by atoms with Crippen LogP contribution >= 0.6 is 12.4 Å². The largest absolute Gasteiger partial charge is 0.355 e. The number of halogens is 1. The number of pyridine rings is 2. The van der Waals surface area contributed by atoms with E-state index >= 15 is 0 Å². The summed E-state index contributed by atoms with van der Waals surface area (Å²) in [7, 11) is 1.59. The van der Waals surface area contributed by atoms with Crippen molar-refractivity contribution in [2.45, 2.75) is 0 Å². The van der Waals surface area contributed by atoms with Gasteiger partial charge in [-0.1, -0.05) is 0 Å². The molecule has 1 amide bonds. The van der Waals surface area contributed by atoms with Crippen LogP contribution in [0.25, 0.3) is 11.0 Å². The van der Waals surface area contributed by atoms with Gasteiger partial charge in [-0.3, -0.25) is 4.79 Å². The van der Waals surface area contributed by atoms with Crippen LogP contribution < -0.4 is 5.32 Å². The second-order valence-electron chi connectivity index (χ2n) is 2.85. The number of carbonyl (C=O) groups excluding carboxylic acids is 1. The Hall–Kier alpha value is -1.68. The van der Waals surface area contributed by atoms with Crippen molar-refractivity contribution in [1.82, 2.24) is 15.3 Å². The molecule has 2 aromatic heterocycles. The van der Waals surface area contributed by atoms with Crippen LogP contribution in [-0.4, -0.2) is 22.9 Å². The van der Waals surface area contributed by atoms with Crippen LogP contribution in [0.4, 0.5) is 0 Å². The number of fused-ring (bicyclic) bond motifs is 1. The molecular weight excluding hydrogens is 214 g/mol. The van der Waals surface area contributed by atoms with Crippen molar-refractivity contribution in [2.75, 3.05) is 7.05 Å². The Bertz CT molecular complexity index is 487. The number of nitrogens with one attached hydrogen (secondary N) is 1. The summed E-state index contributed by atoms with van der Waals surface area (Å²) in [5.74, 6) is -0.136. The van der Waals surface area contributed by atoms with Gasteiger partial charge in [0.1, 0.15) is 0 Å². The molecule has 0 saturated heterocycles. The number of hydrogen-bond acceptors (Lipinski definition) is 3. The summed E-state index contributed by atoms with van der Waals surface area (Å²) < 4.78 is 0. The lowest BCUT2D eigenvalue weighted by atomic mass is 10.2. The highest BCUT2D eigenvalue weighted by molar-refractivity contribution is 5.96. The third kappa shape index (κ3) is 2.22. The summed E-state index contributed by atoms with van der Waals surface area (Å²) in [6, 6.07) is 5.47. The number of hydrogen-bond donors (Lipinski definition) is 1. The fourth-order valence-electron chi connectivity index (χ4n) is 1.23. The van der Waals surface area contributed by atoms with E-state index < -0.39 is 0 Å². The number of rotatable bonds is 1. The maximum atomic E-state index is 11.3. The molecule has 0 bridgehead atoms. The Kier molecular flexibility index (Phi) is 3.57. The van der Waals surface area contributed by atoms with Crippen molar-refractivity contribution in [2.24, 2.45) is 0 Å². The van der Waals surface area contributed by atoms with Gasteiger partial charge in [0.25, 0.3) is 5.91 Å². The number of carbonyl (C=O) groups is 1.